The van der Waals surface area contributed by atoms with E-state index in [9.17, 15) is 0 Å². The molecule has 2 aromatic heterocycles. The molecule has 0 radical (unpaired) electrons. The lowest BCUT2D eigenvalue weighted by Crippen LogP contribution is -2.11. The number of thiophene rings is 1. The van der Waals surface area contributed by atoms with Crippen molar-refractivity contribution >= 4 is 33.3 Å². The minimum Gasteiger partial charge on any atom is -0.368 e. The lowest BCUT2D eigenvalue weighted by Gasteiger charge is -2.10. The van der Waals surface area contributed by atoms with Crippen LogP contribution >= 0.6 is 11.3 Å². The zero-order valence-corrected chi connectivity index (χ0v) is 15.9. The third-order valence-electron chi connectivity index (χ3n) is 4.39. The predicted octanol–water partition coefficient (Wildman–Crippen LogP) is 5.00. The van der Waals surface area contributed by atoms with Crippen molar-refractivity contribution in [3.05, 3.63) is 83.2 Å². The molecule has 0 atom stereocenters. The van der Waals surface area contributed by atoms with E-state index in [4.69, 9.17) is 4.98 Å². The molecule has 0 aliphatic rings. The first-order valence-corrected chi connectivity index (χ1v) is 10.1. The quantitative estimate of drug-likeness (QED) is 0.456. The van der Waals surface area contributed by atoms with E-state index in [-0.39, 0.29) is 0 Å². The summed E-state index contributed by atoms with van der Waals surface area (Å²) in [5.74, 6) is 1.59. The average molecular weight is 375 g/mol. The van der Waals surface area contributed by atoms with Gasteiger partial charge in [0, 0.05) is 13.1 Å². The number of hydrogen-bond donors (Lipinski definition) is 2. The number of hydrogen-bond acceptors (Lipinski definition) is 5. The van der Waals surface area contributed by atoms with Crippen molar-refractivity contribution in [2.24, 2.45) is 0 Å². The molecule has 0 unspecified atom stereocenters. The van der Waals surface area contributed by atoms with Gasteiger partial charge in [-0.05, 0) is 35.4 Å². The normalized spacial score (nSPS) is 10.8. The van der Waals surface area contributed by atoms with Gasteiger partial charge < -0.3 is 10.6 Å². The van der Waals surface area contributed by atoms with Gasteiger partial charge in [-0.25, -0.2) is 4.98 Å². The van der Waals surface area contributed by atoms with Crippen LogP contribution in [0, 0.1) is 0 Å². The van der Waals surface area contributed by atoms with Crippen LogP contribution < -0.4 is 10.6 Å². The van der Waals surface area contributed by atoms with Gasteiger partial charge in [-0.1, -0.05) is 60.7 Å². The Morgan fingerprint density at radius 3 is 2.00 bits per heavy atom. The van der Waals surface area contributed by atoms with E-state index < -0.39 is 0 Å². The Morgan fingerprint density at radius 1 is 0.704 bits per heavy atom. The van der Waals surface area contributed by atoms with Crippen molar-refractivity contribution in [1.29, 1.82) is 0 Å². The minimum absolute atomic E-state index is 0.680. The summed E-state index contributed by atoms with van der Waals surface area (Å²) in [6.45, 7) is 1.65. The van der Waals surface area contributed by atoms with Crippen molar-refractivity contribution in [2.45, 2.75) is 12.8 Å². The van der Waals surface area contributed by atoms with Crippen LogP contribution in [0.4, 0.5) is 11.8 Å². The molecule has 0 amide bonds. The van der Waals surface area contributed by atoms with Crippen LogP contribution in [-0.4, -0.2) is 23.1 Å². The number of benzene rings is 2. The Bertz CT molecular complexity index is 983. The van der Waals surface area contributed by atoms with E-state index in [0.29, 0.717) is 5.95 Å². The van der Waals surface area contributed by atoms with Gasteiger partial charge in [0.25, 0.3) is 0 Å². The van der Waals surface area contributed by atoms with Gasteiger partial charge in [0.1, 0.15) is 5.82 Å². The molecule has 0 aliphatic heterocycles. The van der Waals surface area contributed by atoms with E-state index in [1.54, 1.807) is 11.3 Å². The fourth-order valence-corrected chi connectivity index (χ4v) is 3.79. The first kappa shape index (κ1) is 17.5. The third-order valence-corrected chi connectivity index (χ3v) is 5.30. The highest BCUT2D eigenvalue weighted by Crippen LogP contribution is 2.27. The van der Waals surface area contributed by atoms with E-state index >= 15 is 0 Å². The maximum absolute atomic E-state index is 4.71. The molecule has 4 nitrogen and oxygen atoms in total. The molecule has 0 bridgehead atoms. The van der Waals surface area contributed by atoms with Crippen molar-refractivity contribution in [3.8, 4) is 0 Å². The molecule has 0 fully saturated rings. The van der Waals surface area contributed by atoms with Crippen LogP contribution in [0.1, 0.15) is 11.1 Å². The van der Waals surface area contributed by atoms with Gasteiger partial charge in [0.2, 0.25) is 5.95 Å². The van der Waals surface area contributed by atoms with Crippen molar-refractivity contribution < 1.29 is 0 Å². The summed E-state index contributed by atoms with van der Waals surface area (Å²) in [5, 5.41) is 8.92. The smallest absolute Gasteiger partial charge is 0.225 e. The Balaban J connectivity index is 1.41. The molecule has 2 aromatic carbocycles. The summed E-state index contributed by atoms with van der Waals surface area (Å²) >= 11 is 1.67. The predicted molar refractivity (Wildman–Crippen MR) is 115 cm³/mol. The van der Waals surface area contributed by atoms with Gasteiger partial charge in [-0.15, -0.1) is 11.3 Å². The van der Waals surface area contributed by atoms with Crippen LogP contribution in [0.15, 0.2) is 72.1 Å². The lowest BCUT2D eigenvalue weighted by atomic mass is 10.1. The highest BCUT2D eigenvalue weighted by Gasteiger charge is 2.09. The fraction of sp³-hybridized carbons (Fsp3) is 0.182. The summed E-state index contributed by atoms with van der Waals surface area (Å²) < 4.78 is 1.11. The minimum atomic E-state index is 0.680. The summed E-state index contributed by atoms with van der Waals surface area (Å²) in [6, 6.07) is 23.0. The summed E-state index contributed by atoms with van der Waals surface area (Å²) in [5.41, 5.74) is 3.62. The molecule has 0 saturated heterocycles. The van der Waals surface area contributed by atoms with Gasteiger partial charge in [-0.2, -0.15) is 4.98 Å². The number of rotatable bonds is 8. The van der Waals surface area contributed by atoms with Crippen LogP contribution in [0.25, 0.3) is 10.2 Å². The number of anilines is 2. The van der Waals surface area contributed by atoms with Crippen LogP contribution in [0.5, 0.6) is 0 Å². The maximum atomic E-state index is 4.71. The third kappa shape index (κ3) is 4.63. The molecular formula is C22H22N4S. The molecule has 5 heteroatoms. The molecule has 4 rings (SSSR count). The first-order chi connectivity index (χ1) is 13.4. The van der Waals surface area contributed by atoms with Crippen LogP contribution in [0.2, 0.25) is 0 Å². The van der Waals surface area contributed by atoms with Crippen molar-refractivity contribution in [3.63, 3.8) is 0 Å². The van der Waals surface area contributed by atoms with E-state index in [0.717, 1.165) is 42.0 Å². The molecule has 0 aliphatic carbocycles. The van der Waals surface area contributed by atoms with Gasteiger partial charge in [0.15, 0.2) is 0 Å². The van der Waals surface area contributed by atoms with Crippen molar-refractivity contribution in [1.82, 2.24) is 9.97 Å². The number of fused-ring (bicyclic) bond motifs is 1. The van der Waals surface area contributed by atoms with E-state index in [1.165, 1.54) is 11.1 Å². The number of aromatic nitrogens is 2. The van der Waals surface area contributed by atoms with Gasteiger partial charge in [0.05, 0.1) is 10.2 Å². The fourth-order valence-electron chi connectivity index (χ4n) is 3.00. The zero-order valence-electron chi connectivity index (χ0n) is 15.1. The SMILES string of the molecule is c1ccc(CCNc2nc(NCCc3ccccc3)c3sccc3n2)cc1. The van der Waals surface area contributed by atoms with Gasteiger partial charge >= 0.3 is 0 Å². The Hall–Kier alpha value is -2.92. The standard InChI is InChI=1S/C22H22N4S/c1-3-7-17(8-4-1)11-14-23-21-20-19(13-16-27-20)25-22(26-21)24-15-12-18-9-5-2-6-10-18/h1-10,13,16H,11-12,14-15H2,(H2,23,24,25,26). The molecule has 4 aromatic rings. The lowest BCUT2D eigenvalue weighted by molar-refractivity contribution is 0.979. The number of nitrogens with one attached hydrogen (secondary N) is 2. The van der Waals surface area contributed by atoms with Crippen LogP contribution in [-0.2, 0) is 12.8 Å². The van der Waals surface area contributed by atoms with Gasteiger partial charge in [-0.3, -0.25) is 0 Å². The molecule has 0 spiro atoms. The molecule has 2 N–H and O–H groups in total. The maximum Gasteiger partial charge on any atom is 0.225 e. The summed E-state index contributed by atoms with van der Waals surface area (Å²) in [4.78, 5) is 9.35. The second-order valence-corrected chi connectivity index (χ2v) is 7.27. The molecular weight excluding hydrogens is 352 g/mol. The largest absolute Gasteiger partial charge is 0.368 e. The monoisotopic (exact) mass is 374 g/mol. The highest BCUT2D eigenvalue weighted by molar-refractivity contribution is 7.17. The molecule has 136 valence electrons. The summed E-state index contributed by atoms with van der Waals surface area (Å²) in [7, 11) is 0. The van der Waals surface area contributed by atoms with Crippen LogP contribution in [0.3, 0.4) is 0 Å². The Morgan fingerprint density at radius 2 is 1.33 bits per heavy atom. The molecule has 27 heavy (non-hydrogen) atoms. The number of nitrogens with zero attached hydrogens (tertiary/aromatic N) is 2. The van der Waals surface area contributed by atoms with E-state index in [1.807, 2.05) is 18.2 Å². The molecule has 2 heterocycles. The topological polar surface area (TPSA) is 49.8 Å². The molecule has 0 saturated carbocycles. The van der Waals surface area contributed by atoms with Crippen molar-refractivity contribution in [2.75, 3.05) is 23.7 Å². The average Bonchev–Trinajstić information content (AvgIpc) is 3.18. The van der Waals surface area contributed by atoms with E-state index in [2.05, 4.69) is 69.5 Å². The first-order valence-electron chi connectivity index (χ1n) is 9.19. The summed E-state index contributed by atoms with van der Waals surface area (Å²) in [6.07, 6.45) is 1.91. The zero-order chi connectivity index (χ0) is 18.3. The Labute approximate surface area is 163 Å². The highest BCUT2D eigenvalue weighted by atomic mass is 32.1. The Kier molecular flexibility index (Phi) is 5.60. The second kappa shape index (κ2) is 8.64. The second-order valence-electron chi connectivity index (χ2n) is 6.36.